The average Bonchev–Trinajstić information content (AvgIpc) is 3.30. The molecule has 1 aromatic heterocycles. The molecule has 1 unspecified atom stereocenters. The molecular weight excluding hydrogens is 540 g/mol. The molecule has 39 heavy (non-hydrogen) atoms. The molecule has 2 aliphatic heterocycles. The fourth-order valence-corrected chi connectivity index (χ4v) is 4.66. The van der Waals surface area contributed by atoms with Crippen LogP contribution in [0.4, 0.5) is 23.4 Å². The summed E-state index contributed by atoms with van der Waals surface area (Å²) in [5, 5.41) is 2.89. The van der Waals surface area contributed by atoms with Gasteiger partial charge in [-0.2, -0.15) is 0 Å². The number of likely N-dealkylation sites (tertiary alicyclic amines) is 1. The summed E-state index contributed by atoms with van der Waals surface area (Å²) < 4.78 is 61.8. The lowest BCUT2D eigenvalue weighted by molar-refractivity contribution is -0.116. The molecule has 1 fully saturated rings. The topological polar surface area (TPSA) is 97.5 Å². The number of hydrogen-bond acceptors (Lipinski definition) is 5. The van der Waals surface area contributed by atoms with Crippen LogP contribution in [0.5, 0.6) is 5.75 Å². The van der Waals surface area contributed by atoms with Gasteiger partial charge < -0.3 is 20.7 Å². The first kappa shape index (κ1) is 26.5. The van der Waals surface area contributed by atoms with E-state index in [0.717, 1.165) is 11.0 Å². The minimum Gasteiger partial charge on any atom is -0.486 e. The molecule has 1 atom stereocenters. The quantitative estimate of drug-likeness (QED) is 0.342. The molecule has 0 saturated carbocycles. The van der Waals surface area contributed by atoms with Crippen LogP contribution in [0.25, 0.3) is 17.2 Å². The number of nitrogen functional groups attached to an aromatic ring is 1. The van der Waals surface area contributed by atoms with E-state index in [4.69, 9.17) is 22.1 Å². The van der Waals surface area contributed by atoms with Crippen LogP contribution in [0.2, 0.25) is 5.02 Å². The van der Waals surface area contributed by atoms with E-state index >= 15 is 0 Å². The van der Waals surface area contributed by atoms with Crippen LogP contribution < -0.4 is 15.8 Å². The van der Waals surface area contributed by atoms with Crippen molar-refractivity contribution in [3.63, 3.8) is 0 Å². The fourth-order valence-electron chi connectivity index (χ4n) is 4.38. The smallest absolute Gasteiger partial charge is 0.282 e. The molecule has 2 aliphatic rings. The van der Waals surface area contributed by atoms with Crippen LogP contribution in [0.1, 0.15) is 21.5 Å². The van der Waals surface area contributed by atoms with Crippen LogP contribution in [-0.4, -0.2) is 53.4 Å². The van der Waals surface area contributed by atoms with Gasteiger partial charge >= 0.3 is 0 Å². The third-order valence-electron chi connectivity index (χ3n) is 6.35. The normalized spacial score (nSPS) is 17.5. The van der Waals surface area contributed by atoms with Gasteiger partial charge in [-0.25, -0.2) is 22.5 Å². The lowest BCUT2D eigenvalue weighted by atomic mass is 9.98. The van der Waals surface area contributed by atoms with Crippen molar-refractivity contribution in [2.24, 2.45) is 0 Å². The number of rotatable bonds is 6. The summed E-state index contributed by atoms with van der Waals surface area (Å²) in [6.45, 7) is -1.51. The van der Waals surface area contributed by atoms with Crippen molar-refractivity contribution in [2.45, 2.75) is 18.4 Å². The highest BCUT2D eigenvalue weighted by molar-refractivity contribution is 6.32. The molecular formula is C27H21ClF4N4O3. The maximum atomic E-state index is 15.0. The Hall–Kier alpha value is -4.12. The Morgan fingerprint density at radius 1 is 1.18 bits per heavy atom. The Bertz CT molecular complexity index is 1490. The Balaban J connectivity index is 1.25. The molecule has 3 aromatic rings. The molecule has 3 heterocycles. The second-order valence-electron chi connectivity index (χ2n) is 9.29. The van der Waals surface area contributed by atoms with Crippen LogP contribution in [0.15, 0.2) is 48.7 Å². The second kappa shape index (κ2) is 10.2. The van der Waals surface area contributed by atoms with Gasteiger partial charge in [0.05, 0.1) is 30.2 Å². The van der Waals surface area contributed by atoms with Crippen LogP contribution in [-0.2, 0) is 11.2 Å². The van der Waals surface area contributed by atoms with E-state index in [-0.39, 0.29) is 28.6 Å². The van der Waals surface area contributed by atoms with Gasteiger partial charge in [0, 0.05) is 29.8 Å². The minimum absolute atomic E-state index is 0.151. The van der Waals surface area contributed by atoms with Gasteiger partial charge in [-0.3, -0.25) is 9.59 Å². The molecule has 0 radical (unpaired) electrons. The van der Waals surface area contributed by atoms with Gasteiger partial charge in [0.1, 0.15) is 17.7 Å². The first-order valence-electron chi connectivity index (χ1n) is 11.8. The van der Waals surface area contributed by atoms with Crippen molar-refractivity contribution in [3.05, 3.63) is 82.0 Å². The zero-order chi connectivity index (χ0) is 27.9. The molecule has 2 amide bonds. The highest BCUT2D eigenvalue weighted by Crippen LogP contribution is 2.40. The number of alkyl halides is 2. The van der Waals surface area contributed by atoms with E-state index in [0.29, 0.717) is 29.1 Å². The monoisotopic (exact) mass is 560 g/mol. The predicted molar refractivity (Wildman–Crippen MR) is 136 cm³/mol. The van der Waals surface area contributed by atoms with Crippen LogP contribution >= 0.6 is 11.6 Å². The summed E-state index contributed by atoms with van der Waals surface area (Å²) in [5.41, 5.74) is 6.34. The standard InChI is InChI=1S/C27H21ClF4N4O3/c28-20-9-15(18-3-4-19(24(30)23(18)29)26(38)36-12-27(31,32)13-36)7-16-8-17(39-25(16)20)11-35-22(37)6-2-14-1-5-21(33)34-10-14/h1-7,9-10,17H,8,11-13H2,(H2,33,34)(H,35,37)/b6-2+. The number of halogens is 5. The summed E-state index contributed by atoms with van der Waals surface area (Å²) in [6, 6.07) is 8.60. The first-order valence-corrected chi connectivity index (χ1v) is 12.2. The summed E-state index contributed by atoms with van der Waals surface area (Å²) in [5.74, 6) is -6.37. The predicted octanol–water partition coefficient (Wildman–Crippen LogP) is 4.49. The molecule has 0 aliphatic carbocycles. The van der Waals surface area contributed by atoms with Crippen molar-refractivity contribution in [1.82, 2.24) is 15.2 Å². The Kier molecular flexibility index (Phi) is 6.94. The number of benzene rings is 2. The minimum atomic E-state index is -3.03. The molecule has 3 N–H and O–H groups in total. The number of hydrogen-bond donors (Lipinski definition) is 2. The van der Waals surface area contributed by atoms with Gasteiger partial charge in [-0.1, -0.05) is 17.7 Å². The van der Waals surface area contributed by atoms with Gasteiger partial charge in [-0.05, 0) is 47.5 Å². The highest BCUT2D eigenvalue weighted by atomic mass is 35.5. The van der Waals surface area contributed by atoms with E-state index in [9.17, 15) is 27.2 Å². The maximum absolute atomic E-state index is 15.0. The third kappa shape index (κ3) is 5.53. The number of amides is 2. The average molecular weight is 561 g/mol. The maximum Gasteiger partial charge on any atom is 0.282 e. The molecule has 5 rings (SSSR count). The number of aromatic nitrogens is 1. The zero-order valence-electron chi connectivity index (χ0n) is 20.2. The van der Waals surface area contributed by atoms with Crippen molar-refractivity contribution in [3.8, 4) is 16.9 Å². The number of pyridine rings is 1. The lowest BCUT2D eigenvalue weighted by Gasteiger charge is -2.38. The number of ether oxygens (including phenoxy) is 1. The largest absolute Gasteiger partial charge is 0.486 e. The summed E-state index contributed by atoms with van der Waals surface area (Å²) in [7, 11) is 0. The summed E-state index contributed by atoms with van der Waals surface area (Å²) >= 11 is 6.36. The molecule has 0 spiro atoms. The van der Waals surface area contributed by atoms with Gasteiger partial charge in [0.15, 0.2) is 11.6 Å². The van der Waals surface area contributed by atoms with Crippen molar-refractivity contribution in [1.29, 1.82) is 0 Å². The van der Waals surface area contributed by atoms with E-state index in [1.54, 1.807) is 24.3 Å². The zero-order valence-corrected chi connectivity index (χ0v) is 20.9. The van der Waals surface area contributed by atoms with Crippen molar-refractivity contribution >= 4 is 35.3 Å². The van der Waals surface area contributed by atoms with Crippen LogP contribution in [0, 0.1) is 11.6 Å². The van der Waals surface area contributed by atoms with E-state index in [2.05, 4.69) is 10.3 Å². The van der Waals surface area contributed by atoms with Crippen molar-refractivity contribution in [2.75, 3.05) is 25.4 Å². The number of fused-ring (bicyclic) bond motifs is 1. The first-order chi connectivity index (χ1) is 18.5. The van der Waals surface area contributed by atoms with Gasteiger partial charge in [-0.15, -0.1) is 0 Å². The molecule has 1 saturated heterocycles. The second-order valence-corrected chi connectivity index (χ2v) is 9.70. The fraction of sp³-hybridized carbons (Fsp3) is 0.222. The number of nitrogens with one attached hydrogen (secondary N) is 1. The third-order valence-corrected chi connectivity index (χ3v) is 6.63. The summed E-state index contributed by atoms with van der Waals surface area (Å²) in [6.07, 6.45) is 4.36. The summed E-state index contributed by atoms with van der Waals surface area (Å²) in [4.78, 5) is 29.2. The molecule has 12 heteroatoms. The Labute approximate surface area is 225 Å². The Morgan fingerprint density at radius 2 is 1.95 bits per heavy atom. The molecule has 202 valence electrons. The van der Waals surface area contributed by atoms with E-state index in [1.807, 2.05) is 0 Å². The van der Waals surface area contributed by atoms with Crippen molar-refractivity contribution < 1.29 is 31.9 Å². The van der Waals surface area contributed by atoms with E-state index in [1.165, 1.54) is 24.4 Å². The van der Waals surface area contributed by atoms with Gasteiger partial charge in [0.2, 0.25) is 5.91 Å². The molecule has 0 bridgehead atoms. The Morgan fingerprint density at radius 3 is 2.64 bits per heavy atom. The molecule has 7 nitrogen and oxygen atoms in total. The number of anilines is 1. The van der Waals surface area contributed by atoms with Gasteiger partial charge in [0.25, 0.3) is 11.8 Å². The number of nitrogens with zero attached hydrogens (tertiary/aromatic N) is 2. The number of nitrogens with two attached hydrogens (primary N) is 1. The number of carbonyl (C=O) groups is 2. The lowest BCUT2D eigenvalue weighted by Crippen LogP contribution is -2.58. The van der Waals surface area contributed by atoms with Crippen LogP contribution in [0.3, 0.4) is 0 Å². The van der Waals surface area contributed by atoms with E-state index < -0.39 is 48.2 Å². The molecule has 2 aromatic carbocycles. The SMILES string of the molecule is Nc1ccc(/C=C/C(=O)NCC2Cc3cc(-c4ccc(C(=O)N5CC(F)(F)C5)c(F)c4F)cc(Cl)c3O2)cn1. The highest BCUT2D eigenvalue weighted by Gasteiger charge is 2.47. The number of carbonyl (C=O) groups excluding carboxylic acids is 2.